The van der Waals surface area contributed by atoms with Crippen LogP contribution in [0.4, 0.5) is 0 Å². The van der Waals surface area contributed by atoms with Crippen molar-refractivity contribution in [1.82, 2.24) is 15.2 Å². The molecule has 1 atom stereocenters. The molecule has 3 aromatic rings. The Balaban J connectivity index is 1.42. The van der Waals surface area contributed by atoms with Gasteiger partial charge in [-0.05, 0) is 29.8 Å². The van der Waals surface area contributed by atoms with E-state index in [2.05, 4.69) is 15.2 Å². The van der Waals surface area contributed by atoms with E-state index in [0.29, 0.717) is 34.4 Å². The standard InChI is InChI=1S/C16H12ClN3O3S/c17-14-7-10(5-6-18-14)9-24-16-20-19-15(23-16)13-8-21-11-3-1-2-4-12(11)22-13/h1-7,13H,8-9H2. The van der Waals surface area contributed by atoms with Crippen LogP contribution in [0.15, 0.2) is 52.2 Å². The van der Waals surface area contributed by atoms with Crippen LogP contribution in [0.25, 0.3) is 0 Å². The quantitative estimate of drug-likeness (QED) is 0.515. The molecule has 0 aliphatic carbocycles. The van der Waals surface area contributed by atoms with Gasteiger partial charge in [-0.1, -0.05) is 35.5 Å². The smallest absolute Gasteiger partial charge is 0.277 e. The molecule has 0 saturated carbocycles. The van der Waals surface area contributed by atoms with Crippen LogP contribution in [0.1, 0.15) is 17.6 Å². The Labute approximate surface area is 147 Å². The summed E-state index contributed by atoms with van der Waals surface area (Å²) < 4.78 is 17.2. The predicted molar refractivity (Wildman–Crippen MR) is 88.4 cm³/mol. The molecule has 2 aromatic heterocycles. The first-order valence-corrected chi connectivity index (χ1v) is 8.59. The Kier molecular flexibility index (Phi) is 4.27. The van der Waals surface area contributed by atoms with E-state index in [1.54, 1.807) is 12.3 Å². The van der Waals surface area contributed by atoms with E-state index in [-0.39, 0.29) is 0 Å². The molecule has 0 fully saturated rings. The molecular weight excluding hydrogens is 350 g/mol. The minimum Gasteiger partial charge on any atom is -0.485 e. The van der Waals surface area contributed by atoms with Gasteiger partial charge in [0.25, 0.3) is 11.1 Å². The monoisotopic (exact) mass is 361 g/mol. The number of para-hydroxylation sites is 2. The van der Waals surface area contributed by atoms with Crippen LogP contribution < -0.4 is 9.47 Å². The average Bonchev–Trinajstić information content (AvgIpc) is 3.09. The lowest BCUT2D eigenvalue weighted by molar-refractivity contribution is 0.0686. The van der Waals surface area contributed by atoms with Gasteiger partial charge in [-0.2, -0.15) is 0 Å². The maximum Gasteiger partial charge on any atom is 0.277 e. The second kappa shape index (κ2) is 6.70. The molecule has 1 aromatic carbocycles. The second-order valence-corrected chi connectivity index (χ2v) is 6.36. The van der Waals surface area contributed by atoms with Crippen molar-refractivity contribution in [2.24, 2.45) is 0 Å². The van der Waals surface area contributed by atoms with Crippen molar-refractivity contribution in [2.45, 2.75) is 17.1 Å². The number of pyridine rings is 1. The molecule has 0 spiro atoms. The molecule has 24 heavy (non-hydrogen) atoms. The number of hydrogen-bond donors (Lipinski definition) is 0. The molecule has 6 nitrogen and oxygen atoms in total. The van der Waals surface area contributed by atoms with Gasteiger partial charge in [0.05, 0.1) is 0 Å². The third-order valence-electron chi connectivity index (χ3n) is 3.36. The summed E-state index contributed by atoms with van der Waals surface area (Å²) in [6.45, 7) is 0.337. The zero-order valence-electron chi connectivity index (χ0n) is 12.4. The van der Waals surface area contributed by atoms with E-state index in [1.807, 2.05) is 30.3 Å². The zero-order chi connectivity index (χ0) is 16.4. The summed E-state index contributed by atoms with van der Waals surface area (Å²) in [6, 6.07) is 11.2. The van der Waals surface area contributed by atoms with Gasteiger partial charge >= 0.3 is 0 Å². The van der Waals surface area contributed by atoms with Gasteiger partial charge in [-0.25, -0.2) is 4.98 Å². The van der Waals surface area contributed by atoms with Gasteiger partial charge in [-0.15, -0.1) is 10.2 Å². The minimum absolute atomic E-state index is 0.337. The lowest BCUT2D eigenvalue weighted by Gasteiger charge is -2.23. The number of fused-ring (bicyclic) bond motifs is 1. The SMILES string of the molecule is Clc1cc(CSc2nnc(C3COc4ccccc4O3)o2)ccn1. The molecule has 1 aliphatic rings. The fourth-order valence-electron chi connectivity index (χ4n) is 2.23. The lowest BCUT2D eigenvalue weighted by Crippen LogP contribution is -2.21. The van der Waals surface area contributed by atoms with Gasteiger partial charge in [-0.3, -0.25) is 0 Å². The van der Waals surface area contributed by atoms with Crippen LogP contribution in [-0.2, 0) is 5.75 Å². The van der Waals surface area contributed by atoms with Crippen LogP contribution >= 0.6 is 23.4 Å². The van der Waals surface area contributed by atoms with Crippen LogP contribution in [-0.4, -0.2) is 21.8 Å². The molecule has 0 N–H and O–H groups in total. The van der Waals surface area contributed by atoms with Gasteiger partial charge in [0.15, 0.2) is 11.5 Å². The molecule has 0 bridgehead atoms. The summed E-state index contributed by atoms with van der Waals surface area (Å²) in [5.74, 6) is 2.46. The van der Waals surface area contributed by atoms with E-state index in [1.165, 1.54) is 11.8 Å². The van der Waals surface area contributed by atoms with Crippen molar-refractivity contribution in [3.05, 3.63) is 59.2 Å². The summed E-state index contributed by atoms with van der Waals surface area (Å²) >= 11 is 7.30. The third-order valence-corrected chi connectivity index (χ3v) is 4.46. The Hall–Kier alpha value is -2.25. The first-order chi connectivity index (χ1) is 11.8. The van der Waals surface area contributed by atoms with Crippen molar-refractivity contribution < 1.29 is 13.9 Å². The molecule has 0 saturated heterocycles. The Bertz CT molecular complexity index is 858. The average molecular weight is 362 g/mol. The highest BCUT2D eigenvalue weighted by Crippen LogP contribution is 2.36. The zero-order valence-corrected chi connectivity index (χ0v) is 14.0. The maximum atomic E-state index is 5.87. The maximum absolute atomic E-state index is 5.87. The van der Waals surface area contributed by atoms with E-state index in [0.717, 1.165) is 11.3 Å². The molecule has 1 unspecified atom stereocenters. The topological polar surface area (TPSA) is 70.3 Å². The molecule has 0 radical (unpaired) electrons. The summed E-state index contributed by atoms with van der Waals surface area (Å²) in [7, 11) is 0. The molecule has 3 heterocycles. The third kappa shape index (κ3) is 3.32. The number of rotatable bonds is 4. The highest BCUT2D eigenvalue weighted by atomic mass is 35.5. The number of ether oxygens (including phenoxy) is 2. The fourth-order valence-corrected chi connectivity index (χ4v) is 3.14. The molecule has 0 amide bonds. The van der Waals surface area contributed by atoms with Crippen molar-refractivity contribution >= 4 is 23.4 Å². The van der Waals surface area contributed by atoms with Crippen LogP contribution in [0.3, 0.4) is 0 Å². The summed E-state index contributed by atoms with van der Waals surface area (Å²) in [4.78, 5) is 3.95. The highest BCUT2D eigenvalue weighted by Gasteiger charge is 2.27. The second-order valence-electron chi connectivity index (χ2n) is 5.05. The lowest BCUT2D eigenvalue weighted by atomic mass is 10.2. The van der Waals surface area contributed by atoms with Crippen LogP contribution in [0.2, 0.25) is 5.15 Å². The first kappa shape index (κ1) is 15.3. The predicted octanol–water partition coefficient (Wildman–Crippen LogP) is 3.92. The first-order valence-electron chi connectivity index (χ1n) is 7.23. The normalized spacial score (nSPS) is 16.1. The van der Waals surface area contributed by atoms with Crippen molar-refractivity contribution in [3.63, 3.8) is 0 Å². The summed E-state index contributed by atoms with van der Waals surface area (Å²) in [5.41, 5.74) is 1.03. The van der Waals surface area contributed by atoms with Gasteiger partial charge in [0.2, 0.25) is 6.10 Å². The van der Waals surface area contributed by atoms with Crippen LogP contribution in [0, 0.1) is 0 Å². The van der Waals surface area contributed by atoms with Crippen molar-refractivity contribution in [3.8, 4) is 11.5 Å². The highest BCUT2D eigenvalue weighted by molar-refractivity contribution is 7.98. The van der Waals surface area contributed by atoms with E-state index >= 15 is 0 Å². The number of nitrogens with zero attached hydrogens (tertiary/aromatic N) is 3. The molecule has 122 valence electrons. The number of benzene rings is 1. The van der Waals surface area contributed by atoms with Crippen molar-refractivity contribution in [2.75, 3.05) is 6.61 Å². The molecular formula is C16H12ClN3O3S. The number of hydrogen-bond acceptors (Lipinski definition) is 7. The summed E-state index contributed by atoms with van der Waals surface area (Å²) in [5, 5.41) is 9.04. The number of thioether (sulfide) groups is 1. The fraction of sp³-hybridized carbons (Fsp3) is 0.188. The van der Waals surface area contributed by atoms with Crippen LogP contribution in [0.5, 0.6) is 11.5 Å². The van der Waals surface area contributed by atoms with Crippen molar-refractivity contribution in [1.29, 1.82) is 0 Å². The molecule has 4 rings (SSSR count). The van der Waals surface area contributed by atoms with Gasteiger partial charge in [0, 0.05) is 11.9 Å². The Morgan fingerprint density at radius 3 is 2.92 bits per heavy atom. The number of aromatic nitrogens is 3. The van der Waals surface area contributed by atoms with E-state index < -0.39 is 6.10 Å². The largest absolute Gasteiger partial charge is 0.485 e. The van der Waals surface area contributed by atoms with Gasteiger partial charge in [0.1, 0.15) is 11.8 Å². The van der Waals surface area contributed by atoms with E-state index in [4.69, 9.17) is 25.5 Å². The minimum atomic E-state index is -0.405. The summed E-state index contributed by atoms with van der Waals surface area (Å²) in [6.07, 6.45) is 1.26. The van der Waals surface area contributed by atoms with Gasteiger partial charge < -0.3 is 13.9 Å². The Morgan fingerprint density at radius 1 is 1.17 bits per heavy atom. The van der Waals surface area contributed by atoms with E-state index in [9.17, 15) is 0 Å². The number of halogens is 1. The molecule has 8 heteroatoms. The Morgan fingerprint density at radius 2 is 2.04 bits per heavy atom. The molecule has 1 aliphatic heterocycles.